The molecule has 2 rings (SSSR count). The maximum Gasteiger partial charge on any atom is 0.697 e. The lowest BCUT2D eigenvalue weighted by Gasteiger charge is -2.16. The number of hydrogen-bond donors (Lipinski definition) is 1. The molecule has 0 aliphatic carbocycles. The number of carbonyl (C=O) groups excluding carboxylic acids is 3. The van der Waals surface area contributed by atoms with Crippen molar-refractivity contribution in [2.45, 2.75) is 129 Å². The normalized spacial score (nSPS) is 12.5. The Kier molecular flexibility index (Phi) is 26.2. The summed E-state index contributed by atoms with van der Waals surface area (Å²) >= 11 is 0. The summed E-state index contributed by atoms with van der Waals surface area (Å²) in [5, 5.41) is 2.43. The zero-order valence-electron chi connectivity index (χ0n) is 31.3. The standard InChI is InChI=1S/C40H60NO10P/c1-3-4-5-6-7-8-9-10-19-26-36(42)27-20-11-12-21-28-47-31-37(46-2)32-50-52(45)51-33-38(39(43)48-29-34-22-15-13-16-23-34)41-40(44)49-30-35-24-17-14-18-25-35/h13-18,22-25,37-38H,3-12,19-21,26-33H2,1-2H3/p+1/t37?,38-/m0/s1. The predicted molar refractivity (Wildman–Crippen MR) is 201 cm³/mol. The maximum atomic E-state index is 12.8. The van der Waals surface area contributed by atoms with Gasteiger partial charge in [0.15, 0.2) is 6.04 Å². The van der Waals surface area contributed by atoms with E-state index in [9.17, 15) is 18.9 Å². The first-order valence-corrected chi connectivity index (χ1v) is 20.0. The van der Waals surface area contributed by atoms with Gasteiger partial charge in [-0.1, -0.05) is 132 Å². The molecule has 3 atom stereocenters. The number of Topliss-reactive ketones (excluding diaryl/α,β-unsaturated/α-hetero) is 1. The highest BCUT2D eigenvalue weighted by atomic mass is 31.1. The highest BCUT2D eigenvalue weighted by molar-refractivity contribution is 7.33. The van der Waals surface area contributed by atoms with Crippen LogP contribution in [0.25, 0.3) is 0 Å². The van der Waals surface area contributed by atoms with Gasteiger partial charge in [-0.25, -0.2) is 9.59 Å². The fourth-order valence-corrected chi connectivity index (χ4v) is 5.89. The molecule has 0 saturated heterocycles. The number of hydrogen-bond acceptors (Lipinski definition) is 10. The number of ketones is 1. The van der Waals surface area contributed by atoms with Crippen molar-refractivity contribution in [3.05, 3.63) is 71.8 Å². The first-order chi connectivity index (χ1) is 25.4. The second-order valence-electron chi connectivity index (χ2n) is 12.9. The SMILES string of the molecule is CCCCCCCCCCCC(=O)CCCCCCOCC(CO[P+](=O)OC[C@H](NC(=O)OCc1ccccc1)C(=O)OCc1ccccc1)OC. The van der Waals surface area contributed by atoms with Gasteiger partial charge in [-0.05, 0) is 30.4 Å². The quantitative estimate of drug-likeness (QED) is 0.0439. The number of nitrogens with one attached hydrogen (secondary N) is 1. The summed E-state index contributed by atoms with van der Waals surface area (Å²) in [5.41, 5.74) is 1.53. The van der Waals surface area contributed by atoms with Gasteiger partial charge in [0.05, 0.1) is 6.61 Å². The summed E-state index contributed by atoms with van der Waals surface area (Å²) in [6.07, 6.45) is 15.1. The summed E-state index contributed by atoms with van der Waals surface area (Å²) < 4.78 is 44.8. The minimum absolute atomic E-state index is 0.00233. The van der Waals surface area contributed by atoms with E-state index in [2.05, 4.69) is 12.2 Å². The van der Waals surface area contributed by atoms with E-state index in [1.54, 1.807) is 24.3 Å². The zero-order chi connectivity index (χ0) is 37.5. The molecule has 0 aliphatic rings. The average Bonchev–Trinajstić information content (AvgIpc) is 3.16. The third kappa shape index (κ3) is 23.4. The van der Waals surface area contributed by atoms with Crippen LogP contribution in [0.4, 0.5) is 4.79 Å². The smallest absolute Gasteiger partial charge is 0.459 e. The Hall–Kier alpha value is -3.21. The van der Waals surface area contributed by atoms with Crippen LogP contribution in [0.15, 0.2) is 60.7 Å². The Morgan fingerprint density at radius 2 is 1.17 bits per heavy atom. The van der Waals surface area contributed by atoms with E-state index in [0.717, 1.165) is 49.7 Å². The van der Waals surface area contributed by atoms with Gasteiger partial charge in [-0.3, -0.25) is 4.79 Å². The molecule has 52 heavy (non-hydrogen) atoms. The van der Waals surface area contributed by atoms with E-state index >= 15 is 0 Å². The fraction of sp³-hybridized carbons (Fsp3) is 0.625. The number of methoxy groups -OCH3 is 1. The van der Waals surface area contributed by atoms with E-state index in [-0.39, 0.29) is 26.4 Å². The van der Waals surface area contributed by atoms with Crippen LogP contribution in [0.2, 0.25) is 0 Å². The van der Waals surface area contributed by atoms with Crippen LogP contribution in [-0.2, 0) is 55.4 Å². The maximum absolute atomic E-state index is 12.8. The molecule has 0 bridgehead atoms. The first-order valence-electron chi connectivity index (χ1n) is 18.9. The van der Waals surface area contributed by atoms with Crippen molar-refractivity contribution in [2.75, 3.05) is 33.5 Å². The summed E-state index contributed by atoms with van der Waals surface area (Å²) in [6.45, 7) is 2.45. The molecule has 2 aromatic rings. The van der Waals surface area contributed by atoms with Crippen molar-refractivity contribution in [2.24, 2.45) is 0 Å². The van der Waals surface area contributed by atoms with Gasteiger partial charge in [-0.2, -0.15) is 0 Å². The second kappa shape index (κ2) is 30.3. The molecule has 12 heteroatoms. The number of rotatable bonds is 32. The molecule has 1 amide bonds. The Morgan fingerprint density at radius 1 is 0.654 bits per heavy atom. The Labute approximate surface area is 311 Å². The van der Waals surface area contributed by atoms with Gasteiger partial charge in [0, 0.05) is 31.1 Å². The van der Waals surface area contributed by atoms with Crippen LogP contribution in [0.3, 0.4) is 0 Å². The van der Waals surface area contributed by atoms with Crippen LogP contribution in [-0.4, -0.2) is 63.5 Å². The van der Waals surface area contributed by atoms with E-state index in [4.69, 9.17) is 28.0 Å². The molecule has 2 unspecified atom stereocenters. The summed E-state index contributed by atoms with van der Waals surface area (Å²) in [5.74, 6) is -0.409. The molecule has 0 aliphatic heterocycles. The number of esters is 1. The van der Waals surface area contributed by atoms with Gasteiger partial charge in [0.25, 0.3) is 0 Å². The van der Waals surface area contributed by atoms with Gasteiger partial charge >= 0.3 is 20.3 Å². The first kappa shape index (κ1) is 44.9. The largest absolute Gasteiger partial charge is 0.697 e. The van der Waals surface area contributed by atoms with E-state index in [1.165, 1.54) is 52.1 Å². The van der Waals surface area contributed by atoms with Crippen molar-refractivity contribution in [3.63, 3.8) is 0 Å². The number of carbonyl (C=O) groups is 3. The number of unbranched alkanes of at least 4 members (excludes halogenated alkanes) is 11. The zero-order valence-corrected chi connectivity index (χ0v) is 32.2. The van der Waals surface area contributed by atoms with E-state index in [1.807, 2.05) is 36.4 Å². The van der Waals surface area contributed by atoms with Gasteiger partial charge < -0.3 is 24.3 Å². The van der Waals surface area contributed by atoms with E-state index in [0.29, 0.717) is 25.2 Å². The Balaban J connectivity index is 1.59. The van der Waals surface area contributed by atoms with Crippen LogP contribution in [0.5, 0.6) is 0 Å². The molecular formula is C40H61NO10P+. The third-order valence-electron chi connectivity index (χ3n) is 8.42. The minimum atomic E-state index is -2.66. The summed E-state index contributed by atoms with van der Waals surface area (Å²) in [7, 11) is -1.15. The van der Waals surface area contributed by atoms with Crippen molar-refractivity contribution >= 4 is 26.1 Å². The predicted octanol–water partition coefficient (Wildman–Crippen LogP) is 9.19. The van der Waals surface area contributed by atoms with Crippen LogP contribution in [0.1, 0.15) is 114 Å². The van der Waals surface area contributed by atoms with Gasteiger partial charge in [0.2, 0.25) is 0 Å². The summed E-state index contributed by atoms with van der Waals surface area (Å²) in [4.78, 5) is 37.5. The lowest BCUT2D eigenvalue weighted by molar-refractivity contribution is -0.148. The number of amides is 1. The molecule has 290 valence electrons. The number of benzene rings is 2. The van der Waals surface area contributed by atoms with Crippen molar-refractivity contribution < 1.29 is 46.9 Å². The van der Waals surface area contributed by atoms with Crippen LogP contribution in [0, 0.1) is 0 Å². The lowest BCUT2D eigenvalue weighted by atomic mass is 10.0. The molecule has 11 nitrogen and oxygen atoms in total. The molecule has 0 saturated carbocycles. The molecule has 1 N–H and O–H groups in total. The van der Waals surface area contributed by atoms with Crippen molar-refractivity contribution in [1.29, 1.82) is 0 Å². The van der Waals surface area contributed by atoms with Gasteiger partial charge in [-0.15, -0.1) is 9.05 Å². The molecule has 2 aromatic carbocycles. The lowest BCUT2D eigenvalue weighted by Crippen LogP contribution is -2.44. The van der Waals surface area contributed by atoms with E-state index < -0.39 is 39.1 Å². The average molecular weight is 747 g/mol. The van der Waals surface area contributed by atoms with Crippen molar-refractivity contribution in [3.8, 4) is 0 Å². The van der Waals surface area contributed by atoms with Crippen LogP contribution < -0.4 is 5.32 Å². The monoisotopic (exact) mass is 746 g/mol. The van der Waals surface area contributed by atoms with Crippen molar-refractivity contribution in [1.82, 2.24) is 5.32 Å². The summed E-state index contributed by atoms with van der Waals surface area (Å²) in [6, 6.07) is 16.8. The second-order valence-corrected chi connectivity index (χ2v) is 13.8. The number of ether oxygens (including phenoxy) is 4. The molecular weight excluding hydrogens is 685 g/mol. The molecule has 0 radical (unpaired) electrons. The molecule has 0 spiro atoms. The highest BCUT2D eigenvalue weighted by Gasteiger charge is 2.31. The fourth-order valence-electron chi connectivity index (χ4n) is 5.26. The van der Waals surface area contributed by atoms with Crippen LogP contribution >= 0.6 is 8.25 Å². The third-order valence-corrected chi connectivity index (χ3v) is 9.14. The Bertz CT molecular complexity index is 1230. The topological polar surface area (TPSA) is 136 Å². The molecule has 0 heterocycles. The molecule has 0 fully saturated rings. The van der Waals surface area contributed by atoms with Gasteiger partial charge in [0.1, 0.15) is 38.3 Å². The Morgan fingerprint density at radius 3 is 1.75 bits per heavy atom. The number of alkyl carbamates (subject to hydrolysis) is 1. The highest BCUT2D eigenvalue weighted by Crippen LogP contribution is 2.25. The molecule has 0 aromatic heterocycles. The minimum Gasteiger partial charge on any atom is -0.459 e.